The van der Waals surface area contributed by atoms with E-state index in [2.05, 4.69) is 75.6 Å². The van der Waals surface area contributed by atoms with E-state index >= 15 is 0 Å². The van der Waals surface area contributed by atoms with Crippen LogP contribution in [0.15, 0.2) is 129 Å². The molecule has 0 aliphatic carbocycles. The molecular weight excluding hydrogens is 940 g/mol. The van der Waals surface area contributed by atoms with Gasteiger partial charge in [-0.05, 0) is 48.0 Å². The van der Waals surface area contributed by atoms with E-state index in [0.717, 1.165) is 0 Å². The van der Waals surface area contributed by atoms with E-state index in [9.17, 15) is 0 Å². The highest BCUT2D eigenvalue weighted by Gasteiger charge is 2.11. The number of hydrogen-bond acceptors (Lipinski definition) is 22. The summed E-state index contributed by atoms with van der Waals surface area (Å²) in [5.74, 6) is 2.51. The second kappa shape index (κ2) is 23.0. The van der Waals surface area contributed by atoms with Crippen LogP contribution in [0.5, 0.6) is 0 Å². The predicted molar refractivity (Wildman–Crippen MR) is 238 cm³/mol. The van der Waals surface area contributed by atoms with Gasteiger partial charge in [-0.15, -0.1) is 0 Å². The van der Waals surface area contributed by atoms with Crippen LogP contribution in [-0.2, 0) is 0 Å². The number of oxime groups is 1. The average Bonchev–Trinajstić information content (AvgIpc) is 4.13. The molecule has 23 nitrogen and oxygen atoms in total. The second-order valence-corrected chi connectivity index (χ2v) is 13.6. The molecule has 0 amide bonds. The Labute approximate surface area is 390 Å². The molecule has 0 spiro atoms. The molecule has 66 heavy (non-hydrogen) atoms. The first-order chi connectivity index (χ1) is 32.0. The van der Waals surface area contributed by atoms with E-state index < -0.39 is 0 Å². The van der Waals surface area contributed by atoms with Gasteiger partial charge < -0.3 is 29.9 Å². The number of pyridine rings is 3. The summed E-state index contributed by atoms with van der Waals surface area (Å²) >= 11 is 22.7. The topological polar surface area (TPSA) is 350 Å². The predicted octanol–water partition coefficient (Wildman–Crippen LogP) is 7.79. The molecular formula is C39H25Cl4N19O4. The number of nitrogens with one attached hydrogen (secondary N) is 2. The number of nitriles is 2. The van der Waals surface area contributed by atoms with Crippen molar-refractivity contribution in [3.63, 3.8) is 0 Å². The third kappa shape index (κ3) is 13.8. The molecule has 0 aliphatic rings. The number of oxazole rings is 3. The summed E-state index contributed by atoms with van der Waals surface area (Å²) in [7, 11) is 0. The van der Waals surface area contributed by atoms with Gasteiger partial charge in [-0.25, -0.2) is 44.9 Å². The van der Waals surface area contributed by atoms with Gasteiger partial charge in [0.2, 0.25) is 0 Å². The van der Waals surface area contributed by atoms with Crippen LogP contribution in [0.25, 0.3) is 34.4 Å². The minimum Gasteiger partial charge on any atom is -0.426 e. The lowest BCUT2D eigenvalue weighted by Gasteiger charge is -2.01. The van der Waals surface area contributed by atoms with E-state index in [1.165, 1.54) is 74.4 Å². The Morgan fingerprint density at radius 2 is 0.970 bits per heavy atom. The maximum absolute atomic E-state index is 8.65. The number of nitrogens with two attached hydrogens (primary N) is 2. The molecule has 0 fully saturated rings. The Morgan fingerprint density at radius 1 is 0.515 bits per heavy atom. The van der Waals surface area contributed by atoms with E-state index in [1.54, 1.807) is 36.4 Å². The SMILES string of the molecule is Clc1ccc(-c2cnc(Cl)o2)nc1.N#Cc1cnc(N)cn1.N#Cc1cnc(Nc2ncc(-c3ccc(Cl)cn3)o2)cn1.N/C(=N\O)c1cnc(Nc2ncc(-c3ccc(Cl)cn3)o2)cn1. The summed E-state index contributed by atoms with van der Waals surface area (Å²) in [4.78, 5) is 47.4. The van der Waals surface area contributed by atoms with E-state index in [-0.39, 0.29) is 40.3 Å². The maximum atomic E-state index is 8.65. The third-order valence-corrected chi connectivity index (χ3v) is 8.32. The quantitative estimate of drug-likeness (QED) is 0.0419. The van der Waals surface area contributed by atoms with Crippen LogP contribution in [0, 0.1) is 22.7 Å². The number of aromatic nitrogens is 12. The molecule has 0 aliphatic heterocycles. The zero-order valence-electron chi connectivity index (χ0n) is 32.9. The molecule has 7 N–H and O–H groups in total. The Balaban J connectivity index is 0.000000154. The average molecular weight is 966 g/mol. The number of nitrogens with zero attached hydrogens (tertiary/aromatic N) is 15. The molecule has 0 saturated heterocycles. The first kappa shape index (κ1) is 46.6. The molecule has 9 aromatic heterocycles. The molecule has 328 valence electrons. The summed E-state index contributed by atoms with van der Waals surface area (Å²) in [5.41, 5.74) is 13.2. The van der Waals surface area contributed by atoms with Crippen molar-refractivity contribution in [2.45, 2.75) is 0 Å². The molecule has 0 unspecified atom stereocenters. The Kier molecular flexibility index (Phi) is 16.2. The van der Waals surface area contributed by atoms with Crippen molar-refractivity contribution >= 4 is 81.7 Å². The number of rotatable bonds is 8. The summed E-state index contributed by atoms with van der Waals surface area (Å²) in [6.45, 7) is 0. The van der Waals surface area contributed by atoms with Gasteiger partial charge in [0.05, 0.1) is 70.8 Å². The fourth-order valence-corrected chi connectivity index (χ4v) is 4.95. The first-order valence-electron chi connectivity index (χ1n) is 17.9. The van der Waals surface area contributed by atoms with Gasteiger partial charge in [0.1, 0.15) is 40.7 Å². The van der Waals surface area contributed by atoms with E-state index in [1.807, 2.05) is 12.1 Å². The maximum Gasteiger partial charge on any atom is 0.300 e. The number of anilines is 5. The smallest absolute Gasteiger partial charge is 0.300 e. The molecule has 27 heteroatoms. The summed E-state index contributed by atoms with van der Waals surface area (Å²) < 4.78 is 16.1. The van der Waals surface area contributed by atoms with Gasteiger partial charge >= 0.3 is 12.0 Å². The first-order valence-corrected chi connectivity index (χ1v) is 19.4. The van der Waals surface area contributed by atoms with Gasteiger partial charge in [-0.1, -0.05) is 40.0 Å². The molecule has 0 saturated carbocycles. The summed E-state index contributed by atoms with van der Waals surface area (Å²) in [5, 5.41) is 35.7. The van der Waals surface area contributed by atoms with E-state index in [0.29, 0.717) is 66.9 Å². The van der Waals surface area contributed by atoms with Crippen LogP contribution in [0.2, 0.25) is 20.4 Å². The molecule has 0 atom stereocenters. The number of hydrogen-bond donors (Lipinski definition) is 5. The zero-order valence-corrected chi connectivity index (χ0v) is 36.0. The van der Waals surface area contributed by atoms with Crippen LogP contribution in [0.3, 0.4) is 0 Å². The minimum atomic E-state index is -0.128. The molecule has 9 aromatic rings. The second-order valence-electron chi connectivity index (χ2n) is 12.0. The monoisotopic (exact) mass is 963 g/mol. The summed E-state index contributed by atoms with van der Waals surface area (Å²) in [6.07, 6.45) is 17.4. The van der Waals surface area contributed by atoms with Gasteiger partial charge in [0, 0.05) is 18.6 Å². The number of nitrogen functional groups attached to an aromatic ring is 1. The standard InChI is InChI=1S/C13H10ClN7O2.C13H7ClN6O.C8H4Cl2N2O.C5H4N4/c14-7-1-2-8(16-3-7)10-5-19-13(23-10)20-11-6-17-9(4-18-11)12(15)21-22;14-8-1-2-10(17-4-8)11-6-19-13(21-11)20-12-7-16-9(3-15)5-18-12;9-5-1-2-6(11-3-5)7-4-12-8(10)13-7;6-1-4-2-9-5(7)3-8-4/h1-6,22H,(H2,15,21)(H,18,19,20);1-2,4-7H,(H,18,19,20);1-4H;2-3H,(H2,7,9). The van der Waals surface area contributed by atoms with Crippen molar-refractivity contribution in [3.05, 3.63) is 148 Å². The number of amidine groups is 1. The molecule has 9 heterocycles. The van der Waals surface area contributed by atoms with Crippen LogP contribution in [-0.4, -0.2) is 70.9 Å². The molecule has 0 radical (unpaired) electrons. The third-order valence-electron chi connectivity index (χ3n) is 7.47. The van der Waals surface area contributed by atoms with Crippen molar-refractivity contribution in [3.8, 4) is 46.5 Å². The highest BCUT2D eigenvalue weighted by atomic mass is 35.5. The van der Waals surface area contributed by atoms with Crippen molar-refractivity contribution in [1.82, 2.24) is 59.8 Å². The van der Waals surface area contributed by atoms with Crippen molar-refractivity contribution < 1.29 is 18.5 Å². The molecule has 9 rings (SSSR count). The van der Waals surface area contributed by atoms with Crippen molar-refractivity contribution in [2.24, 2.45) is 10.9 Å². The molecule has 0 bridgehead atoms. The van der Waals surface area contributed by atoms with Gasteiger partial charge in [-0.2, -0.15) is 10.5 Å². The Hall–Kier alpha value is -8.87. The highest BCUT2D eigenvalue weighted by Crippen LogP contribution is 2.25. The Bertz CT molecular complexity index is 3070. The van der Waals surface area contributed by atoms with Gasteiger partial charge in [0.25, 0.3) is 5.35 Å². The highest BCUT2D eigenvalue weighted by molar-refractivity contribution is 6.31. The minimum absolute atomic E-state index is 0.103. The zero-order chi connectivity index (χ0) is 46.8. The van der Waals surface area contributed by atoms with Crippen LogP contribution in [0.1, 0.15) is 17.1 Å². The molecule has 0 aromatic carbocycles. The summed E-state index contributed by atoms with van der Waals surface area (Å²) in [6, 6.07) is 14.5. The van der Waals surface area contributed by atoms with Gasteiger partial charge in [-0.3, -0.25) is 25.6 Å². The Morgan fingerprint density at radius 3 is 1.33 bits per heavy atom. The fourth-order valence-electron chi connectivity index (χ4n) is 4.48. The van der Waals surface area contributed by atoms with Crippen molar-refractivity contribution in [2.75, 3.05) is 16.4 Å². The largest absolute Gasteiger partial charge is 0.426 e. The van der Waals surface area contributed by atoms with Gasteiger partial charge in [0.15, 0.2) is 46.1 Å². The lowest BCUT2D eigenvalue weighted by atomic mass is 10.3. The van der Waals surface area contributed by atoms with Crippen LogP contribution < -0.4 is 22.1 Å². The van der Waals surface area contributed by atoms with Crippen LogP contribution >= 0.6 is 46.4 Å². The lowest BCUT2D eigenvalue weighted by Crippen LogP contribution is -2.15. The lowest BCUT2D eigenvalue weighted by molar-refractivity contribution is 0.318. The fraction of sp³-hybridized carbons (Fsp3) is 0. The number of halogens is 4. The van der Waals surface area contributed by atoms with E-state index in [4.69, 9.17) is 86.9 Å². The van der Waals surface area contributed by atoms with Crippen molar-refractivity contribution in [1.29, 1.82) is 10.5 Å². The van der Waals surface area contributed by atoms with Crippen LogP contribution in [0.4, 0.5) is 29.5 Å². The normalized spacial score (nSPS) is 10.4.